The topological polar surface area (TPSA) is 87.7 Å². The summed E-state index contributed by atoms with van der Waals surface area (Å²) in [5, 5.41) is 0. The summed E-state index contributed by atoms with van der Waals surface area (Å²) >= 11 is 1.51. The number of carbonyl (C=O) groups excluding carboxylic acids is 2. The maximum Gasteiger partial charge on any atom is 0.449 e. The highest BCUT2D eigenvalue weighted by Crippen LogP contribution is 2.33. The van der Waals surface area contributed by atoms with Gasteiger partial charge in [0.1, 0.15) is 5.82 Å². The Morgan fingerprint density at radius 3 is 2.26 bits per heavy atom. The van der Waals surface area contributed by atoms with Gasteiger partial charge in [0, 0.05) is 57.8 Å². The molecule has 2 aliphatic heterocycles. The Labute approximate surface area is 218 Å². The van der Waals surface area contributed by atoms with Crippen LogP contribution in [0.1, 0.15) is 34.0 Å². The molecule has 8 nitrogen and oxygen atoms in total. The van der Waals surface area contributed by atoms with Crippen molar-refractivity contribution in [2.45, 2.75) is 38.1 Å². The van der Waals surface area contributed by atoms with Crippen molar-refractivity contribution in [1.82, 2.24) is 23.7 Å². The summed E-state index contributed by atoms with van der Waals surface area (Å²) in [6.45, 7) is 1.14. The predicted octanol–water partition coefficient (Wildman–Crippen LogP) is 2.66. The largest absolute Gasteiger partial charge is 0.449 e. The van der Waals surface area contributed by atoms with Crippen LogP contribution in [-0.2, 0) is 30.5 Å². The van der Waals surface area contributed by atoms with Crippen LogP contribution in [0.3, 0.4) is 0 Å². The number of benzene rings is 1. The molecule has 208 valence electrons. The van der Waals surface area contributed by atoms with Gasteiger partial charge in [0.25, 0.3) is 5.91 Å². The van der Waals surface area contributed by atoms with Crippen LogP contribution in [0.2, 0.25) is 0 Å². The second kappa shape index (κ2) is 11.1. The van der Waals surface area contributed by atoms with Gasteiger partial charge in [-0.3, -0.25) is 9.59 Å². The molecule has 0 spiro atoms. The van der Waals surface area contributed by atoms with E-state index < -0.39 is 47.3 Å². The molecule has 1 atom stereocenters. The summed E-state index contributed by atoms with van der Waals surface area (Å²) in [5.74, 6) is -5.98. The number of halogens is 6. The van der Waals surface area contributed by atoms with E-state index in [4.69, 9.17) is 5.73 Å². The zero-order chi connectivity index (χ0) is 27.8. The molecule has 1 fully saturated rings. The Bertz CT molecular complexity index is 1210. The van der Waals surface area contributed by atoms with E-state index in [0.717, 1.165) is 4.57 Å². The highest BCUT2D eigenvalue weighted by molar-refractivity contribution is 7.96. The van der Waals surface area contributed by atoms with E-state index >= 15 is 0 Å². The van der Waals surface area contributed by atoms with Crippen LogP contribution in [-0.4, -0.2) is 80.5 Å². The molecule has 1 aromatic carbocycles. The molecule has 15 heteroatoms. The van der Waals surface area contributed by atoms with Crippen LogP contribution in [0.25, 0.3) is 0 Å². The van der Waals surface area contributed by atoms with E-state index in [9.17, 15) is 35.9 Å². The van der Waals surface area contributed by atoms with Gasteiger partial charge < -0.3 is 20.1 Å². The van der Waals surface area contributed by atoms with E-state index in [1.165, 1.54) is 21.7 Å². The van der Waals surface area contributed by atoms with Gasteiger partial charge >= 0.3 is 6.18 Å². The number of rotatable bonds is 6. The van der Waals surface area contributed by atoms with Crippen LogP contribution in [0.4, 0.5) is 26.3 Å². The van der Waals surface area contributed by atoms with Crippen LogP contribution < -0.4 is 5.73 Å². The number of aromatic nitrogens is 2. The fourth-order valence-corrected chi connectivity index (χ4v) is 5.15. The zero-order valence-corrected chi connectivity index (χ0v) is 21.2. The maximum atomic E-state index is 14.0. The lowest BCUT2D eigenvalue weighted by Crippen LogP contribution is -2.47. The van der Waals surface area contributed by atoms with E-state index in [1.807, 2.05) is 10.6 Å². The fraction of sp³-hybridized carbons (Fsp3) is 0.522. The lowest BCUT2D eigenvalue weighted by Gasteiger charge is -2.34. The summed E-state index contributed by atoms with van der Waals surface area (Å²) < 4.78 is 84.7. The molecule has 1 unspecified atom stereocenters. The van der Waals surface area contributed by atoms with Crippen molar-refractivity contribution < 1.29 is 35.9 Å². The van der Waals surface area contributed by atoms with E-state index in [2.05, 4.69) is 4.98 Å². The Morgan fingerprint density at radius 1 is 1.00 bits per heavy atom. The number of nitrogens with zero attached hydrogens (tertiary/aromatic N) is 5. The normalized spacial score (nSPS) is 17.5. The van der Waals surface area contributed by atoms with Crippen LogP contribution in [0, 0.1) is 17.5 Å². The Morgan fingerprint density at radius 2 is 1.63 bits per heavy atom. The molecule has 1 aromatic heterocycles. The van der Waals surface area contributed by atoms with E-state index in [0.29, 0.717) is 38.3 Å². The quantitative estimate of drug-likeness (QED) is 0.330. The van der Waals surface area contributed by atoms with Crippen molar-refractivity contribution in [1.29, 1.82) is 0 Å². The monoisotopic (exact) mass is 564 g/mol. The average Bonchev–Trinajstić information content (AvgIpc) is 3.26. The first-order valence-electron chi connectivity index (χ1n) is 11.8. The first kappa shape index (κ1) is 28.2. The summed E-state index contributed by atoms with van der Waals surface area (Å²) in [6.07, 6.45) is -3.48. The Hall–Kier alpha value is -2.78. The molecule has 2 N–H and O–H groups in total. The number of alkyl halides is 3. The molecular formula is C23H26F6N6O2S. The number of piperazine rings is 1. The number of carbonyl (C=O) groups is 2. The van der Waals surface area contributed by atoms with Gasteiger partial charge in [-0.25, -0.2) is 22.5 Å². The molecule has 2 aromatic rings. The Balaban J connectivity index is 1.50. The van der Waals surface area contributed by atoms with Crippen molar-refractivity contribution in [2.24, 2.45) is 5.73 Å². The molecule has 4 rings (SSSR count). The molecule has 3 heterocycles. The third-order valence-electron chi connectivity index (χ3n) is 6.61. The standard InChI is InChI=1S/C23H26F6N6O2S/c1-38-34-5-2-32(3-6-34)21(37)20-18-12-33(4-7-35(18)22(31-20)23(27,28)29)19(36)10-14(30)8-13-9-16(25)17(26)11-15(13)24/h9,11,14H,2-8,10,12,30H2,1H3. The molecule has 2 amide bonds. The molecular weight excluding hydrogens is 538 g/mol. The summed E-state index contributed by atoms with van der Waals surface area (Å²) in [5.41, 5.74) is 5.39. The second-order valence-corrected chi connectivity index (χ2v) is 10.0. The van der Waals surface area contributed by atoms with Gasteiger partial charge in [-0.05, 0) is 24.3 Å². The van der Waals surface area contributed by atoms with Gasteiger partial charge in [0.15, 0.2) is 17.3 Å². The molecule has 0 aliphatic carbocycles. The van der Waals surface area contributed by atoms with Gasteiger partial charge in [0.05, 0.1) is 12.2 Å². The van der Waals surface area contributed by atoms with Gasteiger partial charge in [-0.2, -0.15) is 13.2 Å². The van der Waals surface area contributed by atoms with Crippen molar-refractivity contribution in [3.05, 3.63) is 52.4 Å². The highest BCUT2D eigenvalue weighted by Gasteiger charge is 2.42. The lowest BCUT2D eigenvalue weighted by molar-refractivity contribution is -0.148. The third kappa shape index (κ3) is 5.94. The van der Waals surface area contributed by atoms with Crippen molar-refractivity contribution >= 4 is 23.8 Å². The van der Waals surface area contributed by atoms with E-state index in [1.54, 1.807) is 0 Å². The van der Waals surface area contributed by atoms with Crippen LogP contribution in [0.5, 0.6) is 0 Å². The number of hydrogen-bond donors (Lipinski definition) is 1. The Kier molecular flexibility index (Phi) is 8.28. The SMILES string of the molecule is CSN1CCN(C(=O)c2nc(C(F)(F)F)n3c2CN(C(=O)CC(N)Cc2cc(F)c(F)cc2F)CC3)CC1. The fourth-order valence-electron chi connectivity index (χ4n) is 4.62. The van der Waals surface area contributed by atoms with Crippen LogP contribution >= 0.6 is 11.9 Å². The molecule has 1 saturated heterocycles. The van der Waals surface area contributed by atoms with Gasteiger partial charge in [-0.15, -0.1) is 0 Å². The highest BCUT2D eigenvalue weighted by atomic mass is 32.2. The number of imidazole rings is 1. The van der Waals surface area contributed by atoms with E-state index in [-0.39, 0.29) is 49.4 Å². The second-order valence-electron chi connectivity index (χ2n) is 9.13. The minimum atomic E-state index is -4.80. The number of amides is 2. The first-order valence-corrected chi connectivity index (χ1v) is 13.0. The van der Waals surface area contributed by atoms with Crippen LogP contribution in [0.15, 0.2) is 12.1 Å². The zero-order valence-electron chi connectivity index (χ0n) is 20.4. The predicted molar refractivity (Wildman–Crippen MR) is 126 cm³/mol. The smallest absolute Gasteiger partial charge is 0.335 e. The molecule has 2 aliphatic rings. The molecule has 0 radical (unpaired) electrons. The maximum absolute atomic E-state index is 14.0. The number of hydrogen-bond acceptors (Lipinski definition) is 6. The average molecular weight is 565 g/mol. The summed E-state index contributed by atoms with van der Waals surface area (Å²) in [6, 6.07) is 0.0977. The van der Waals surface area contributed by atoms with Crippen molar-refractivity contribution in [3.63, 3.8) is 0 Å². The number of fused-ring (bicyclic) bond motifs is 1. The number of nitrogens with two attached hydrogens (primary N) is 1. The lowest BCUT2D eigenvalue weighted by atomic mass is 10.0. The third-order valence-corrected chi connectivity index (χ3v) is 7.49. The molecule has 0 saturated carbocycles. The summed E-state index contributed by atoms with van der Waals surface area (Å²) in [4.78, 5) is 32.5. The molecule has 0 bridgehead atoms. The minimum absolute atomic E-state index is 0.0190. The first-order chi connectivity index (χ1) is 17.9. The minimum Gasteiger partial charge on any atom is -0.335 e. The van der Waals surface area contributed by atoms with Gasteiger partial charge in [0.2, 0.25) is 11.7 Å². The summed E-state index contributed by atoms with van der Waals surface area (Å²) in [7, 11) is 0. The van der Waals surface area contributed by atoms with Crippen molar-refractivity contribution in [3.8, 4) is 0 Å². The van der Waals surface area contributed by atoms with Gasteiger partial charge in [-0.1, -0.05) is 11.9 Å². The molecule has 38 heavy (non-hydrogen) atoms. The van der Waals surface area contributed by atoms with Crippen molar-refractivity contribution in [2.75, 3.05) is 39.0 Å².